The number of ether oxygens (including phenoxy) is 1. The van der Waals surface area contributed by atoms with E-state index in [1.54, 1.807) is 42.6 Å². The van der Waals surface area contributed by atoms with Gasteiger partial charge in [0.15, 0.2) is 0 Å². The standard InChI is InChI=1S/C23H24N2O5S2/c1-5-30-23(27)17-7-6-8-18(14-17)24-22(26)21-20(11-12-31-21)32(28,29)25(4)19-10-9-15(2)16(3)13-19/h6-14H,5H2,1-4H3,(H,24,26). The highest BCUT2D eigenvalue weighted by Crippen LogP contribution is 2.29. The smallest absolute Gasteiger partial charge is 0.338 e. The number of esters is 1. The topological polar surface area (TPSA) is 92.8 Å². The fraction of sp³-hybridized carbons (Fsp3) is 0.217. The summed E-state index contributed by atoms with van der Waals surface area (Å²) in [6.45, 7) is 5.80. The van der Waals surface area contributed by atoms with Gasteiger partial charge >= 0.3 is 5.97 Å². The Bertz CT molecular complexity index is 1260. The number of thiophene rings is 1. The number of hydrogen-bond acceptors (Lipinski definition) is 6. The van der Waals surface area contributed by atoms with Crippen molar-refractivity contribution in [2.45, 2.75) is 25.7 Å². The molecule has 32 heavy (non-hydrogen) atoms. The number of carbonyl (C=O) groups excluding carboxylic acids is 2. The zero-order chi connectivity index (χ0) is 23.5. The molecule has 0 saturated carbocycles. The fourth-order valence-electron chi connectivity index (χ4n) is 3.00. The van der Waals surface area contributed by atoms with Crippen LogP contribution in [0.1, 0.15) is 38.1 Å². The molecular formula is C23H24N2O5S2. The summed E-state index contributed by atoms with van der Waals surface area (Å²) in [4.78, 5) is 24.8. The Morgan fingerprint density at radius 2 is 1.81 bits per heavy atom. The molecule has 0 aliphatic rings. The van der Waals surface area contributed by atoms with Crippen LogP contribution in [-0.4, -0.2) is 33.9 Å². The molecule has 0 bridgehead atoms. The molecule has 0 atom stereocenters. The molecule has 2 aromatic carbocycles. The molecule has 0 saturated heterocycles. The van der Waals surface area contributed by atoms with E-state index in [0.717, 1.165) is 22.5 Å². The fourth-order valence-corrected chi connectivity index (χ4v) is 5.48. The van der Waals surface area contributed by atoms with Crippen molar-refractivity contribution in [3.8, 4) is 0 Å². The molecule has 3 aromatic rings. The monoisotopic (exact) mass is 472 g/mol. The van der Waals surface area contributed by atoms with Crippen molar-refractivity contribution in [3.05, 3.63) is 75.5 Å². The average molecular weight is 473 g/mol. The molecule has 9 heteroatoms. The van der Waals surface area contributed by atoms with Gasteiger partial charge in [-0.3, -0.25) is 9.10 Å². The molecule has 1 aromatic heterocycles. The van der Waals surface area contributed by atoms with Crippen molar-refractivity contribution < 1.29 is 22.7 Å². The highest BCUT2D eigenvalue weighted by Gasteiger charge is 2.28. The van der Waals surface area contributed by atoms with Crippen molar-refractivity contribution in [1.82, 2.24) is 0 Å². The first kappa shape index (κ1) is 23.5. The Morgan fingerprint density at radius 3 is 2.50 bits per heavy atom. The maximum atomic E-state index is 13.3. The number of nitrogens with one attached hydrogen (secondary N) is 1. The lowest BCUT2D eigenvalue weighted by atomic mass is 10.1. The van der Waals surface area contributed by atoms with Gasteiger partial charge in [-0.15, -0.1) is 11.3 Å². The second-order valence-corrected chi connectivity index (χ2v) is 9.96. The Balaban J connectivity index is 1.87. The lowest BCUT2D eigenvalue weighted by Crippen LogP contribution is -2.28. The number of carbonyl (C=O) groups is 2. The quantitative estimate of drug-likeness (QED) is 0.507. The number of anilines is 2. The van der Waals surface area contributed by atoms with E-state index < -0.39 is 21.9 Å². The van der Waals surface area contributed by atoms with E-state index in [9.17, 15) is 18.0 Å². The molecular weight excluding hydrogens is 448 g/mol. The molecule has 1 amide bonds. The van der Waals surface area contributed by atoms with Crippen LogP contribution in [0.5, 0.6) is 0 Å². The molecule has 3 rings (SSSR count). The Hall–Kier alpha value is -3.17. The summed E-state index contributed by atoms with van der Waals surface area (Å²) in [5.41, 5.74) is 3.18. The van der Waals surface area contributed by atoms with Crippen LogP contribution in [0.15, 0.2) is 58.8 Å². The SMILES string of the molecule is CCOC(=O)c1cccc(NC(=O)c2sccc2S(=O)(=O)N(C)c2ccc(C)c(C)c2)c1. The third kappa shape index (κ3) is 4.84. The molecule has 0 aliphatic carbocycles. The lowest BCUT2D eigenvalue weighted by Gasteiger charge is -2.20. The van der Waals surface area contributed by atoms with Crippen molar-refractivity contribution in [2.75, 3.05) is 23.3 Å². The van der Waals surface area contributed by atoms with E-state index in [-0.39, 0.29) is 21.9 Å². The molecule has 0 fully saturated rings. The maximum Gasteiger partial charge on any atom is 0.338 e. The van der Waals surface area contributed by atoms with Gasteiger partial charge in [0.2, 0.25) is 0 Å². The largest absolute Gasteiger partial charge is 0.462 e. The summed E-state index contributed by atoms with van der Waals surface area (Å²) < 4.78 is 32.7. The average Bonchev–Trinajstić information content (AvgIpc) is 3.26. The summed E-state index contributed by atoms with van der Waals surface area (Å²) in [7, 11) is -2.51. The lowest BCUT2D eigenvalue weighted by molar-refractivity contribution is 0.0526. The van der Waals surface area contributed by atoms with E-state index in [4.69, 9.17) is 4.74 Å². The second kappa shape index (κ2) is 9.54. The van der Waals surface area contributed by atoms with E-state index in [1.165, 1.54) is 23.5 Å². The molecule has 1 N–H and O–H groups in total. The Labute approximate surface area is 191 Å². The first-order valence-electron chi connectivity index (χ1n) is 9.87. The number of aryl methyl sites for hydroxylation is 2. The number of amides is 1. The van der Waals surface area contributed by atoms with Gasteiger partial charge in [-0.25, -0.2) is 13.2 Å². The number of benzene rings is 2. The maximum absolute atomic E-state index is 13.3. The van der Waals surface area contributed by atoms with Crippen LogP contribution in [0.25, 0.3) is 0 Å². The summed E-state index contributed by atoms with van der Waals surface area (Å²) in [5, 5.41) is 4.23. The van der Waals surface area contributed by atoms with Crippen LogP contribution in [0, 0.1) is 13.8 Å². The Kier molecular flexibility index (Phi) is 7.00. The van der Waals surface area contributed by atoms with Gasteiger partial charge in [-0.2, -0.15) is 0 Å². The van der Waals surface area contributed by atoms with E-state index >= 15 is 0 Å². The summed E-state index contributed by atoms with van der Waals surface area (Å²) >= 11 is 1.03. The third-order valence-corrected chi connectivity index (χ3v) is 7.83. The second-order valence-electron chi connectivity index (χ2n) is 7.11. The van der Waals surface area contributed by atoms with Crippen LogP contribution in [0.4, 0.5) is 11.4 Å². The van der Waals surface area contributed by atoms with E-state index in [1.807, 2.05) is 19.9 Å². The molecule has 0 radical (unpaired) electrons. The molecule has 0 spiro atoms. The highest BCUT2D eigenvalue weighted by atomic mass is 32.2. The molecule has 1 heterocycles. The third-order valence-electron chi connectivity index (χ3n) is 4.96. The van der Waals surface area contributed by atoms with Gasteiger partial charge in [0.05, 0.1) is 17.9 Å². The predicted octanol–water partition coefficient (Wildman–Crippen LogP) is 4.62. The first-order chi connectivity index (χ1) is 15.1. The van der Waals surface area contributed by atoms with Crippen LogP contribution in [-0.2, 0) is 14.8 Å². The van der Waals surface area contributed by atoms with Gasteiger partial charge in [0.1, 0.15) is 9.77 Å². The van der Waals surface area contributed by atoms with Gasteiger partial charge in [0.25, 0.3) is 15.9 Å². The van der Waals surface area contributed by atoms with Gasteiger partial charge in [-0.1, -0.05) is 12.1 Å². The minimum absolute atomic E-state index is 0.0576. The van der Waals surface area contributed by atoms with E-state index in [2.05, 4.69) is 5.32 Å². The van der Waals surface area contributed by atoms with Gasteiger partial charge in [0, 0.05) is 12.7 Å². The molecule has 168 valence electrons. The zero-order valence-corrected chi connectivity index (χ0v) is 19.8. The number of sulfonamides is 1. The minimum atomic E-state index is -3.97. The predicted molar refractivity (Wildman–Crippen MR) is 126 cm³/mol. The van der Waals surface area contributed by atoms with Crippen molar-refractivity contribution in [2.24, 2.45) is 0 Å². The number of nitrogens with zero attached hydrogens (tertiary/aromatic N) is 1. The number of hydrogen-bond donors (Lipinski definition) is 1. The first-order valence-corrected chi connectivity index (χ1v) is 12.2. The summed E-state index contributed by atoms with van der Waals surface area (Å²) in [5.74, 6) is -1.08. The highest BCUT2D eigenvalue weighted by molar-refractivity contribution is 7.93. The van der Waals surface area contributed by atoms with Crippen LogP contribution in [0.2, 0.25) is 0 Å². The van der Waals surface area contributed by atoms with E-state index in [0.29, 0.717) is 11.4 Å². The summed E-state index contributed by atoms with van der Waals surface area (Å²) in [6, 6.07) is 13.1. The van der Waals surface area contributed by atoms with Crippen LogP contribution >= 0.6 is 11.3 Å². The molecule has 0 aliphatic heterocycles. The van der Waals surface area contributed by atoms with Crippen LogP contribution in [0.3, 0.4) is 0 Å². The minimum Gasteiger partial charge on any atom is -0.462 e. The van der Waals surface area contributed by atoms with Crippen LogP contribution < -0.4 is 9.62 Å². The summed E-state index contributed by atoms with van der Waals surface area (Å²) in [6.07, 6.45) is 0. The van der Waals surface area contributed by atoms with Crippen molar-refractivity contribution in [1.29, 1.82) is 0 Å². The van der Waals surface area contributed by atoms with Gasteiger partial charge < -0.3 is 10.1 Å². The van der Waals surface area contributed by atoms with Crippen molar-refractivity contribution in [3.63, 3.8) is 0 Å². The molecule has 0 unspecified atom stereocenters. The normalized spacial score (nSPS) is 11.1. The molecule has 7 nitrogen and oxygen atoms in total. The zero-order valence-electron chi connectivity index (χ0n) is 18.2. The van der Waals surface area contributed by atoms with Crippen molar-refractivity contribution >= 4 is 44.6 Å². The number of rotatable bonds is 7. The van der Waals surface area contributed by atoms with Gasteiger partial charge in [-0.05, 0) is 73.7 Å². The Morgan fingerprint density at radius 1 is 1.06 bits per heavy atom.